The van der Waals surface area contributed by atoms with E-state index in [2.05, 4.69) is 4.98 Å². The summed E-state index contributed by atoms with van der Waals surface area (Å²) in [6, 6.07) is 14.1. The van der Waals surface area contributed by atoms with Gasteiger partial charge in [0.25, 0.3) is 11.2 Å². The van der Waals surface area contributed by atoms with E-state index in [0.717, 1.165) is 17.7 Å². The van der Waals surface area contributed by atoms with Crippen LogP contribution in [0.5, 0.6) is 5.75 Å². The Hall–Kier alpha value is -3.24. The van der Waals surface area contributed by atoms with E-state index in [-0.39, 0.29) is 24.1 Å². The normalized spacial score (nSPS) is 17.3. The Kier molecular flexibility index (Phi) is 5.98. The summed E-state index contributed by atoms with van der Waals surface area (Å²) in [6.45, 7) is 1.50. The summed E-state index contributed by atoms with van der Waals surface area (Å²) in [5, 5.41) is 9.70. The van der Waals surface area contributed by atoms with Gasteiger partial charge in [0.05, 0.1) is 0 Å². The molecule has 3 aromatic rings. The van der Waals surface area contributed by atoms with Gasteiger partial charge >= 0.3 is 0 Å². The van der Waals surface area contributed by atoms with E-state index >= 15 is 0 Å². The van der Waals surface area contributed by atoms with Crippen molar-refractivity contribution in [1.29, 1.82) is 0 Å². The Morgan fingerprint density at radius 3 is 2.50 bits per heavy atom. The second kappa shape index (κ2) is 8.71. The lowest BCUT2D eigenvalue weighted by atomic mass is 10.0. The van der Waals surface area contributed by atoms with Gasteiger partial charge in [-0.15, -0.1) is 0 Å². The number of aromatic nitrogens is 1. The summed E-state index contributed by atoms with van der Waals surface area (Å²) in [4.78, 5) is 27.1. The number of nitrogens with zero attached hydrogens (tertiary/aromatic N) is 1. The minimum Gasteiger partial charge on any atom is -0.490 e. The molecule has 0 bridgehead atoms. The van der Waals surface area contributed by atoms with Crippen LogP contribution in [0.15, 0.2) is 59.0 Å². The zero-order valence-electron chi connectivity index (χ0n) is 16.7. The number of ether oxygens (including phenoxy) is 1. The van der Waals surface area contributed by atoms with Crippen LogP contribution in [0.1, 0.15) is 23.1 Å². The molecule has 32 heavy (non-hydrogen) atoms. The molecule has 0 spiro atoms. The second-order valence-electron chi connectivity index (χ2n) is 7.08. The Morgan fingerprint density at radius 2 is 1.88 bits per heavy atom. The van der Waals surface area contributed by atoms with Gasteiger partial charge in [-0.1, -0.05) is 18.2 Å². The first kappa shape index (κ1) is 22.0. The average Bonchev–Trinajstić information content (AvgIpc) is 3.34. The number of rotatable bonds is 7. The number of alkyl halides is 2. The molecule has 10 heteroatoms. The van der Waals surface area contributed by atoms with Gasteiger partial charge < -0.3 is 14.3 Å². The lowest BCUT2D eigenvalue weighted by Gasteiger charge is -2.20. The molecule has 2 unspecified atom stereocenters. The highest BCUT2D eigenvalue weighted by Gasteiger charge is 2.51. The van der Waals surface area contributed by atoms with Gasteiger partial charge in [0.2, 0.25) is 11.8 Å². The zero-order valence-corrected chi connectivity index (χ0v) is 17.6. The highest BCUT2D eigenvalue weighted by Crippen LogP contribution is 2.41. The highest BCUT2D eigenvalue weighted by molar-refractivity contribution is 8.15. The maximum atomic E-state index is 14.6. The van der Waals surface area contributed by atoms with Crippen LogP contribution in [0.3, 0.4) is 0 Å². The SMILES string of the molecule is Cc1oc(-c2ccccc2)nc1C(O)COc1ccc(C(F)(F)C2SC(=O)NC2=O)cc1. The molecule has 1 fully saturated rings. The number of halogens is 2. The van der Waals surface area contributed by atoms with E-state index in [1.54, 1.807) is 6.92 Å². The molecule has 2 aromatic carbocycles. The number of oxazole rings is 1. The maximum Gasteiger partial charge on any atom is 0.294 e. The van der Waals surface area contributed by atoms with Crippen molar-refractivity contribution in [2.24, 2.45) is 0 Å². The third-order valence-electron chi connectivity index (χ3n) is 4.83. The number of hydrogen-bond acceptors (Lipinski definition) is 7. The van der Waals surface area contributed by atoms with E-state index in [0.29, 0.717) is 17.3 Å². The fourth-order valence-corrected chi connectivity index (χ4v) is 4.02. The number of nitrogens with one attached hydrogen (secondary N) is 1. The van der Waals surface area contributed by atoms with E-state index < -0.39 is 34.0 Å². The monoisotopic (exact) mass is 460 g/mol. The predicted octanol–water partition coefficient (Wildman–Crippen LogP) is 4.21. The van der Waals surface area contributed by atoms with Gasteiger partial charge in [0, 0.05) is 11.1 Å². The number of carbonyl (C=O) groups excluding carboxylic acids is 2. The quantitative estimate of drug-likeness (QED) is 0.545. The van der Waals surface area contributed by atoms with Crippen LogP contribution in [-0.2, 0) is 10.7 Å². The topological polar surface area (TPSA) is 102 Å². The summed E-state index contributed by atoms with van der Waals surface area (Å²) >= 11 is 0.263. The van der Waals surface area contributed by atoms with Gasteiger partial charge in [-0.05, 0) is 55.1 Å². The number of aryl methyl sites for hydroxylation is 1. The Morgan fingerprint density at radius 1 is 1.19 bits per heavy atom. The number of amides is 2. The lowest BCUT2D eigenvalue weighted by molar-refractivity contribution is -0.125. The largest absolute Gasteiger partial charge is 0.490 e. The van der Waals surface area contributed by atoms with E-state index in [9.17, 15) is 23.5 Å². The van der Waals surface area contributed by atoms with Crippen molar-refractivity contribution < 1.29 is 32.6 Å². The van der Waals surface area contributed by atoms with Crippen molar-refractivity contribution in [3.63, 3.8) is 0 Å². The molecular weight excluding hydrogens is 442 g/mol. The van der Waals surface area contributed by atoms with Gasteiger partial charge in [-0.25, -0.2) is 4.98 Å². The molecule has 2 N–H and O–H groups in total. The van der Waals surface area contributed by atoms with E-state index in [1.807, 2.05) is 35.6 Å². The molecule has 1 saturated heterocycles. The van der Waals surface area contributed by atoms with Crippen LogP contribution in [0, 0.1) is 6.92 Å². The summed E-state index contributed by atoms with van der Waals surface area (Å²) in [5.41, 5.74) is 0.663. The van der Waals surface area contributed by atoms with Gasteiger partial charge in [-0.3, -0.25) is 14.9 Å². The van der Waals surface area contributed by atoms with E-state index in [1.165, 1.54) is 12.1 Å². The number of thioether (sulfide) groups is 1. The first-order valence-corrected chi connectivity index (χ1v) is 10.5. The van der Waals surface area contributed by atoms with Crippen LogP contribution >= 0.6 is 11.8 Å². The molecule has 0 radical (unpaired) electrons. The molecule has 2 heterocycles. The smallest absolute Gasteiger partial charge is 0.294 e. The molecule has 2 amide bonds. The molecule has 7 nitrogen and oxygen atoms in total. The maximum absolute atomic E-state index is 14.6. The van der Waals surface area contributed by atoms with Gasteiger partial charge in [0.15, 0.2) is 5.25 Å². The van der Waals surface area contributed by atoms with Crippen molar-refractivity contribution in [3.8, 4) is 17.2 Å². The lowest BCUT2D eigenvalue weighted by Crippen LogP contribution is -2.36. The van der Waals surface area contributed by atoms with Crippen molar-refractivity contribution in [3.05, 3.63) is 71.6 Å². The first-order valence-electron chi connectivity index (χ1n) is 9.59. The van der Waals surface area contributed by atoms with Gasteiger partial charge in [-0.2, -0.15) is 8.78 Å². The molecule has 166 valence electrons. The van der Waals surface area contributed by atoms with E-state index in [4.69, 9.17) is 9.15 Å². The zero-order chi connectivity index (χ0) is 22.9. The molecule has 1 aliphatic heterocycles. The minimum atomic E-state index is -3.54. The third kappa shape index (κ3) is 4.37. The number of carbonyl (C=O) groups is 2. The molecule has 4 rings (SSSR count). The number of hydrogen-bond donors (Lipinski definition) is 2. The molecule has 1 aliphatic rings. The fourth-order valence-electron chi connectivity index (χ4n) is 3.20. The Labute approximate surface area is 185 Å². The van der Waals surface area contributed by atoms with Crippen molar-refractivity contribution >= 4 is 22.9 Å². The number of aliphatic hydroxyl groups is 1. The average molecular weight is 460 g/mol. The van der Waals surface area contributed by atoms with Gasteiger partial charge in [0.1, 0.15) is 29.9 Å². The summed E-state index contributed by atoms with van der Waals surface area (Å²) in [7, 11) is 0. The number of imide groups is 1. The number of benzene rings is 2. The molecular formula is C22H18F2N2O5S. The summed E-state index contributed by atoms with van der Waals surface area (Å²) in [5.74, 6) is -3.50. The fraction of sp³-hybridized carbons (Fsp3) is 0.227. The number of aliphatic hydroxyl groups excluding tert-OH is 1. The third-order valence-corrected chi connectivity index (χ3v) is 5.90. The van der Waals surface area contributed by atoms with Crippen LogP contribution in [0.4, 0.5) is 13.6 Å². The molecule has 0 saturated carbocycles. The standard InChI is InChI=1S/C22H18F2N2O5S/c1-12-17(25-20(31-12)13-5-3-2-4-6-13)16(27)11-30-15-9-7-14(8-10-15)22(23,24)18-19(28)26-21(29)32-18/h2-10,16,18,27H,11H2,1H3,(H,26,28,29). The van der Waals surface area contributed by atoms with Crippen molar-refractivity contribution in [2.75, 3.05) is 6.61 Å². The summed E-state index contributed by atoms with van der Waals surface area (Å²) in [6.07, 6.45) is -1.10. The van der Waals surface area contributed by atoms with Crippen LogP contribution in [0.25, 0.3) is 11.5 Å². The minimum absolute atomic E-state index is 0.174. The van der Waals surface area contributed by atoms with Crippen LogP contribution in [-0.4, -0.2) is 33.1 Å². The highest BCUT2D eigenvalue weighted by atomic mass is 32.2. The first-order chi connectivity index (χ1) is 15.3. The molecule has 0 aliphatic carbocycles. The summed E-state index contributed by atoms with van der Waals surface area (Å²) < 4.78 is 40.3. The van der Waals surface area contributed by atoms with Crippen LogP contribution in [0.2, 0.25) is 0 Å². The Balaban J connectivity index is 1.41. The van der Waals surface area contributed by atoms with Crippen molar-refractivity contribution in [2.45, 2.75) is 24.2 Å². The predicted molar refractivity (Wildman–Crippen MR) is 112 cm³/mol. The Bertz CT molecular complexity index is 1130. The van der Waals surface area contributed by atoms with Crippen molar-refractivity contribution in [1.82, 2.24) is 10.3 Å². The molecule has 1 aromatic heterocycles. The van der Waals surface area contributed by atoms with Crippen LogP contribution < -0.4 is 10.1 Å². The second-order valence-corrected chi connectivity index (χ2v) is 8.15. The molecule has 2 atom stereocenters.